The smallest absolute Gasteiger partial charge is 0.0198 e. The lowest BCUT2D eigenvalue weighted by atomic mass is 9.96. The average molecular weight is 241 g/mol. The molecule has 94 valence electrons. The van der Waals surface area contributed by atoms with Crippen LogP contribution in [0.2, 0.25) is 0 Å². The minimum absolute atomic E-state index is 0.819. The Kier molecular flexibility index (Phi) is 5.51. The van der Waals surface area contributed by atoms with E-state index in [1.807, 2.05) is 0 Å². The second-order valence-electron chi connectivity index (χ2n) is 5.52. The van der Waals surface area contributed by atoms with Crippen LogP contribution >= 0.6 is 11.8 Å². The summed E-state index contributed by atoms with van der Waals surface area (Å²) in [6.45, 7) is 0. The Hall–Kier alpha value is 0.310. The Morgan fingerprint density at radius 1 is 0.812 bits per heavy atom. The van der Waals surface area contributed by atoms with Crippen LogP contribution in [0.5, 0.6) is 0 Å². The fraction of sp³-hybridized carbons (Fsp3) is 1.00. The highest BCUT2D eigenvalue weighted by atomic mass is 32.2. The molecule has 0 heterocycles. The van der Waals surface area contributed by atoms with Crippen LogP contribution in [0.15, 0.2) is 0 Å². The standard InChI is InChI=1S/C14H27NS/c1-16-14-11-7-10-13(14)15-12-8-5-3-2-4-6-9-12/h12-15H,2-11H2,1H3. The molecule has 2 rings (SSSR count). The molecule has 2 saturated carbocycles. The first-order valence-electron chi connectivity index (χ1n) is 7.19. The normalized spacial score (nSPS) is 33.6. The van der Waals surface area contributed by atoms with Crippen LogP contribution in [-0.2, 0) is 0 Å². The van der Waals surface area contributed by atoms with Gasteiger partial charge in [0.25, 0.3) is 0 Å². The number of hydrogen-bond acceptors (Lipinski definition) is 2. The summed E-state index contributed by atoms with van der Waals surface area (Å²) in [7, 11) is 0. The van der Waals surface area contributed by atoms with Crippen molar-refractivity contribution < 1.29 is 0 Å². The van der Waals surface area contributed by atoms with Gasteiger partial charge >= 0.3 is 0 Å². The van der Waals surface area contributed by atoms with Crippen LogP contribution in [-0.4, -0.2) is 23.6 Å². The van der Waals surface area contributed by atoms with Gasteiger partial charge < -0.3 is 5.32 Å². The van der Waals surface area contributed by atoms with Crippen LogP contribution in [0.25, 0.3) is 0 Å². The van der Waals surface area contributed by atoms with Crippen molar-refractivity contribution in [1.82, 2.24) is 5.32 Å². The topological polar surface area (TPSA) is 12.0 Å². The molecule has 2 fully saturated rings. The molecule has 2 atom stereocenters. The lowest BCUT2D eigenvalue weighted by molar-refractivity contribution is 0.354. The summed E-state index contributed by atoms with van der Waals surface area (Å²) in [6, 6.07) is 1.65. The zero-order valence-corrected chi connectivity index (χ0v) is 11.5. The predicted octanol–water partition coefficient (Wildman–Crippen LogP) is 3.97. The largest absolute Gasteiger partial charge is 0.310 e. The molecule has 2 aliphatic carbocycles. The first-order chi connectivity index (χ1) is 7.90. The molecule has 0 amide bonds. The van der Waals surface area contributed by atoms with E-state index in [4.69, 9.17) is 0 Å². The monoisotopic (exact) mass is 241 g/mol. The Bertz CT molecular complexity index is 187. The van der Waals surface area contributed by atoms with Gasteiger partial charge in [-0.2, -0.15) is 11.8 Å². The first kappa shape index (κ1) is 12.8. The summed E-state index contributed by atoms with van der Waals surface area (Å²) in [5, 5.41) is 4.86. The molecule has 1 N–H and O–H groups in total. The zero-order chi connectivity index (χ0) is 11.2. The van der Waals surface area contributed by atoms with Crippen molar-refractivity contribution in [3.63, 3.8) is 0 Å². The molecule has 0 aliphatic heterocycles. The third-order valence-electron chi connectivity index (χ3n) is 4.31. The summed E-state index contributed by atoms with van der Waals surface area (Å²) in [5.74, 6) is 0. The minimum Gasteiger partial charge on any atom is -0.310 e. The summed E-state index contributed by atoms with van der Waals surface area (Å²) in [4.78, 5) is 0. The first-order valence-corrected chi connectivity index (χ1v) is 8.48. The maximum Gasteiger partial charge on any atom is 0.0198 e. The lowest BCUT2D eigenvalue weighted by Crippen LogP contribution is -2.41. The Morgan fingerprint density at radius 2 is 1.50 bits per heavy atom. The molecular weight excluding hydrogens is 214 g/mol. The summed E-state index contributed by atoms with van der Waals surface area (Å²) in [6.07, 6.45) is 16.7. The van der Waals surface area contributed by atoms with E-state index >= 15 is 0 Å². The molecule has 2 heteroatoms. The highest BCUT2D eigenvalue weighted by Gasteiger charge is 2.28. The van der Waals surface area contributed by atoms with Crippen LogP contribution < -0.4 is 5.32 Å². The number of rotatable bonds is 3. The number of thioether (sulfide) groups is 1. The van der Waals surface area contributed by atoms with Crippen molar-refractivity contribution in [2.75, 3.05) is 6.26 Å². The summed E-state index contributed by atoms with van der Waals surface area (Å²) >= 11 is 2.08. The maximum absolute atomic E-state index is 3.97. The van der Waals surface area contributed by atoms with Gasteiger partial charge in [0.2, 0.25) is 0 Å². The third kappa shape index (κ3) is 3.66. The second-order valence-corrected chi connectivity index (χ2v) is 6.60. The van der Waals surface area contributed by atoms with Crippen LogP contribution in [0.1, 0.15) is 64.2 Å². The molecule has 0 aromatic heterocycles. The van der Waals surface area contributed by atoms with E-state index in [-0.39, 0.29) is 0 Å². The zero-order valence-electron chi connectivity index (χ0n) is 10.7. The Labute approximate surface area is 105 Å². The SMILES string of the molecule is CSC1CCCC1NC1CCCCCCC1. The van der Waals surface area contributed by atoms with E-state index in [9.17, 15) is 0 Å². The molecule has 0 saturated heterocycles. The van der Waals surface area contributed by atoms with Crippen LogP contribution in [0.4, 0.5) is 0 Å². The van der Waals surface area contributed by atoms with Crippen molar-refractivity contribution in [3.05, 3.63) is 0 Å². The van der Waals surface area contributed by atoms with Gasteiger partial charge in [-0.3, -0.25) is 0 Å². The van der Waals surface area contributed by atoms with E-state index in [1.165, 1.54) is 64.2 Å². The molecule has 2 aliphatic rings. The second kappa shape index (κ2) is 6.90. The summed E-state index contributed by atoms with van der Waals surface area (Å²) < 4.78 is 0. The van der Waals surface area contributed by atoms with E-state index in [1.54, 1.807) is 0 Å². The maximum atomic E-state index is 3.97. The van der Waals surface area contributed by atoms with E-state index < -0.39 is 0 Å². The molecule has 16 heavy (non-hydrogen) atoms. The fourth-order valence-electron chi connectivity index (χ4n) is 3.32. The van der Waals surface area contributed by atoms with Crippen LogP contribution in [0.3, 0.4) is 0 Å². The van der Waals surface area contributed by atoms with E-state index in [2.05, 4.69) is 23.3 Å². The quantitative estimate of drug-likeness (QED) is 0.802. The Morgan fingerprint density at radius 3 is 2.19 bits per heavy atom. The summed E-state index contributed by atoms with van der Waals surface area (Å²) in [5.41, 5.74) is 0. The third-order valence-corrected chi connectivity index (χ3v) is 5.48. The van der Waals surface area contributed by atoms with Gasteiger partial charge in [-0.15, -0.1) is 0 Å². The molecule has 0 aromatic carbocycles. The van der Waals surface area contributed by atoms with Crippen molar-refractivity contribution >= 4 is 11.8 Å². The molecule has 1 nitrogen and oxygen atoms in total. The minimum atomic E-state index is 0.819. The molecule has 0 bridgehead atoms. The molecule has 0 aromatic rings. The molecule has 0 spiro atoms. The van der Waals surface area contributed by atoms with Crippen molar-refractivity contribution in [3.8, 4) is 0 Å². The van der Waals surface area contributed by atoms with Gasteiger partial charge in [0, 0.05) is 17.3 Å². The molecule has 0 radical (unpaired) electrons. The molecule has 2 unspecified atom stereocenters. The van der Waals surface area contributed by atoms with Gasteiger partial charge in [0.1, 0.15) is 0 Å². The van der Waals surface area contributed by atoms with Crippen molar-refractivity contribution in [2.45, 2.75) is 81.5 Å². The predicted molar refractivity (Wildman–Crippen MR) is 74.2 cm³/mol. The van der Waals surface area contributed by atoms with Gasteiger partial charge in [-0.1, -0.05) is 38.5 Å². The highest BCUT2D eigenvalue weighted by Crippen LogP contribution is 2.29. The van der Waals surface area contributed by atoms with E-state index in [0.29, 0.717) is 0 Å². The number of hydrogen-bond donors (Lipinski definition) is 1. The van der Waals surface area contributed by atoms with Crippen molar-refractivity contribution in [2.24, 2.45) is 0 Å². The van der Waals surface area contributed by atoms with E-state index in [0.717, 1.165) is 17.3 Å². The van der Waals surface area contributed by atoms with Crippen molar-refractivity contribution in [1.29, 1.82) is 0 Å². The number of nitrogens with one attached hydrogen (secondary N) is 1. The van der Waals surface area contributed by atoms with Gasteiger partial charge in [-0.05, 0) is 31.9 Å². The van der Waals surface area contributed by atoms with Gasteiger partial charge in [-0.25, -0.2) is 0 Å². The fourth-order valence-corrected chi connectivity index (χ4v) is 4.27. The lowest BCUT2D eigenvalue weighted by Gasteiger charge is -2.27. The van der Waals surface area contributed by atoms with Gasteiger partial charge in [0.15, 0.2) is 0 Å². The molecular formula is C14H27NS. The average Bonchev–Trinajstić information content (AvgIpc) is 2.69. The Balaban J connectivity index is 1.77. The van der Waals surface area contributed by atoms with Crippen LogP contribution in [0, 0.1) is 0 Å². The highest BCUT2D eigenvalue weighted by molar-refractivity contribution is 7.99. The van der Waals surface area contributed by atoms with Gasteiger partial charge in [0.05, 0.1) is 0 Å².